The van der Waals surface area contributed by atoms with Crippen molar-refractivity contribution < 1.29 is 0 Å². The average molecular weight is 438 g/mol. The fraction of sp³-hybridized carbons (Fsp3) is 0. The molecular weight excluding hydrogens is 424 g/mol. The van der Waals surface area contributed by atoms with Crippen molar-refractivity contribution in [3.63, 3.8) is 0 Å². The molecular formula is C22H14Br2. The summed E-state index contributed by atoms with van der Waals surface area (Å²) in [4.78, 5) is 0. The van der Waals surface area contributed by atoms with Gasteiger partial charge in [0.15, 0.2) is 0 Å². The summed E-state index contributed by atoms with van der Waals surface area (Å²) in [6.07, 6.45) is 4.34. The van der Waals surface area contributed by atoms with Crippen LogP contribution in [-0.4, -0.2) is 0 Å². The quantitative estimate of drug-likeness (QED) is 0.282. The van der Waals surface area contributed by atoms with Gasteiger partial charge in [-0.1, -0.05) is 80.4 Å². The monoisotopic (exact) mass is 436 g/mol. The third kappa shape index (κ3) is 3.31. The van der Waals surface area contributed by atoms with E-state index in [-0.39, 0.29) is 0 Å². The molecule has 4 aromatic carbocycles. The molecule has 24 heavy (non-hydrogen) atoms. The van der Waals surface area contributed by atoms with Crippen molar-refractivity contribution in [3.8, 4) is 0 Å². The van der Waals surface area contributed by atoms with E-state index >= 15 is 0 Å². The highest BCUT2D eigenvalue weighted by molar-refractivity contribution is 9.10. The van der Waals surface area contributed by atoms with Gasteiger partial charge in [-0.25, -0.2) is 0 Å². The van der Waals surface area contributed by atoms with Crippen LogP contribution in [0.1, 0.15) is 11.1 Å². The highest BCUT2D eigenvalue weighted by Crippen LogP contribution is 2.24. The van der Waals surface area contributed by atoms with Crippen molar-refractivity contribution in [1.82, 2.24) is 0 Å². The van der Waals surface area contributed by atoms with Crippen molar-refractivity contribution in [1.29, 1.82) is 0 Å². The molecule has 4 rings (SSSR count). The SMILES string of the molecule is Brc1ccc2cc(/C=C/c3ccc4cc(Br)ccc4c3)ccc2c1. The Morgan fingerprint density at radius 3 is 1.29 bits per heavy atom. The molecule has 116 valence electrons. The van der Waals surface area contributed by atoms with Crippen LogP contribution in [0.3, 0.4) is 0 Å². The molecule has 0 atom stereocenters. The highest BCUT2D eigenvalue weighted by atomic mass is 79.9. The first-order chi connectivity index (χ1) is 11.7. The zero-order valence-electron chi connectivity index (χ0n) is 12.8. The van der Waals surface area contributed by atoms with E-state index in [1.807, 2.05) is 0 Å². The van der Waals surface area contributed by atoms with Crippen LogP contribution in [0.5, 0.6) is 0 Å². The zero-order valence-corrected chi connectivity index (χ0v) is 16.0. The number of rotatable bonds is 2. The molecule has 0 aliphatic carbocycles. The van der Waals surface area contributed by atoms with Gasteiger partial charge in [0, 0.05) is 8.95 Å². The van der Waals surface area contributed by atoms with E-state index in [1.165, 1.54) is 32.7 Å². The maximum atomic E-state index is 3.52. The van der Waals surface area contributed by atoms with Gasteiger partial charge in [-0.2, -0.15) is 0 Å². The molecule has 2 heteroatoms. The second-order valence-electron chi connectivity index (χ2n) is 5.84. The largest absolute Gasteiger partial charge is 0.0544 e. The second kappa shape index (κ2) is 6.54. The Kier molecular flexibility index (Phi) is 4.26. The van der Waals surface area contributed by atoms with Crippen LogP contribution in [0.2, 0.25) is 0 Å². The molecule has 0 radical (unpaired) electrons. The molecule has 0 saturated heterocycles. The normalized spacial score (nSPS) is 11.6. The Balaban J connectivity index is 1.66. The molecule has 0 aliphatic heterocycles. The predicted octanol–water partition coefficient (Wildman–Crippen LogP) is 7.69. The minimum Gasteiger partial charge on any atom is -0.0544 e. The summed E-state index contributed by atoms with van der Waals surface area (Å²) in [5.74, 6) is 0. The minimum absolute atomic E-state index is 1.11. The molecule has 0 heterocycles. The fourth-order valence-corrected chi connectivity index (χ4v) is 3.63. The Morgan fingerprint density at radius 1 is 0.458 bits per heavy atom. The third-order valence-electron chi connectivity index (χ3n) is 4.12. The van der Waals surface area contributed by atoms with Gasteiger partial charge < -0.3 is 0 Å². The maximum Gasteiger partial charge on any atom is 0.0181 e. The van der Waals surface area contributed by atoms with Crippen molar-refractivity contribution in [2.75, 3.05) is 0 Å². The molecule has 4 aromatic rings. The van der Waals surface area contributed by atoms with Crippen molar-refractivity contribution in [2.45, 2.75) is 0 Å². The Bertz CT molecular complexity index is 990. The van der Waals surface area contributed by atoms with Crippen molar-refractivity contribution in [3.05, 3.63) is 92.9 Å². The van der Waals surface area contributed by atoms with E-state index in [4.69, 9.17) is 0 Å². The lowest BCUT2D eigenvalue weighted by molar-refractivity contribution is 1.67. The van der Waals surface area contributed by atoms with E-state index in [9.17, 15) is 0 Å². The summed E-state index contributed by atoms with van der Waals surface area (Å²) in [7, 11) is 0. The van der Waals surface area contributed by atoms with E-state index in [0.29, 0.717) is 0 Å². The average Bonchev–Trinajstić information content (AvgIpc) is 2.60. The fourth-order valence-electron chi connectivity index (χ4n) is 2.87. The van der Waals surface area contributed by atoms with Crippen molar-refractivity contribution >= 4 is 65.6 Å². The van der Waals surface area contributed by atoms with Crippen molar-refractivity contribution in [2.24, 2.45) is 0 Å². The molecule has 0 N–H and O–H groups in total. The second-order valence-corrected chi connectivity index (χ2v) is 7.67. The molecule has 0 saturated carbocycles. The van der Waals surface area contributed by atoms with Crippen LogP contribution in [0.4, 0.5) is 0 Å². The first-order valence-corrected chi connectivity index (χ1v) is 9.33. The molecule has 0 bridgehead atoms. The first-order valence-electron chi connectivity index (χ1n) is 7.74. The van der Waals surface area contributed by atoms with Gasteiger partial charge in [0.05, 0.1) is 0 Å². The molecule has 0 spiro atoms. The van der Waals surface area contributed by atoms with Gasteiger partial charge in [-0.3, -0.25) is 0 Å². The van der Waals surface area contributed by atoms with Crippen LogP contribution in [0.25, 0.3) is 33.7 Å². The summed E-state index contributed by atoms with van der Waals surface area (Å²) in [5.41, 5.74) is 2.42. The number of benzene rings is 4. The number of halogens is 2. The summed E-state index contributed by atoms with van der Waals surface area (Å²) >= 11 is 7.04. The summed E-state index contributed by atoms with van der Waals surface area (Å²) < 4.78 is 2.22. The van der Waals surface area contributed by atoms with E-state index in [1.54, 1.807) is 0 Å². The van der Waals surface area contributed by atoms with Gasteiger partial charge in [0.2, 0.25) is 0 Å². The lowest BCUT2D eigenvalue weighted by atomic mass is 10.0. The van der Waals surface area contributed by atoms with E-state index < -0.39 is 0 Å². The van der Waals surface area contributed by atoms with Crippen LogP contribution in [-0.2, 0) is 0 Å². The summed E-state index contributed by atoms with van der Waals surface area (Å²) in [6, 6.07) is 25.8. The third-order valence-corrected chi connectivity index (χ3v) is 5.11. The number of hydrogen-bond acceptors (Lipinski definition) is 0. The van der Waals surface area contributed by atoms with Gasteiger partial charge in [0.1, 0.15) is 0 Å². The van der Waals surface area contributed by atoms with Gasteiger partial charge in [-0.15, -0.1) is 0 Å². The Morgan fingerprint density at radius 2 is 0.833 bits per heavy atom. The van der Waals surface area contributed by atoms with Crippen LogP contribution in [0.15, 0.2) is 81.7 Å². The Hall–Kier alpha value is -1.90. The van der Waals surface area contributed by atoms with E-state index in [2.05, 4.69) is 117 Å². The molecule has 0 aromatic heterocycles. The molecule has 0 unspecified atom stereocenters. The zero-order chi connectivity index (χ0) is 16.5. The Labute approximate surface area is 158 Å². The van der Waals surface area contributed by atoms with Gasteiger partial charge >= 0.3 is 0 Å². The standard InChI is InChI=1S/C22H14Br2/c23-21-9-7-17-11-15(3-5-19(17)13-21)1-2-16-4-6-20-14-22(24)10-8-18(20)12-16/h1-14H/b2-1+. The summed E-state index contributed by atoms with van der Waals surface area (Å²) in [5, 5.41) is 5.00. The maximum absolute atomic E-state index is 3.52. The van der Waals surface area contributed by atoms with Crippen LogP contribution < -0.4 is 0 Å². The number of hydrogen-bond donors (Lipinski definition) is 0. The lowest BCUT2D eigenvalue weighted by Crippen LogP contribution is -1.78. The molecule has 0 aliphatic rings. The van der Waals surface area contributed by atoms with Crippen LogP contribution >= 0.6 is 31.9 Å². The number of fused-ring (bicyclic) bond motifs is 2. The first kappa shape index (κ1) is 15.6. The van der Waals surface area contributed by atoms with Gasteiger partial charge in [-0.05, 0) is 69.1 Å². The summed E-state index contributed by atoms with van der Waals surface area (Å²) in [6.45, 7) is 0. The smallest absolute Gasteiger partial charge is 0.0181 e. The highest BCUT2D eigenvalue weighted by Gasteiger charge is 1.98. The molecule has 0 amide bonds. The topological polar surface area (TPSA) is 0 Å². The van der Waals surface area contributed by atoms with Gasteiger partial charge in [0.25, 0.3) is 0 Å². The predicted molar refractivity (Wildman–Crippen MR) is 112 cm³/mol. The van der Waals surface area contributed by atoms with Crippen LogP contribution in [0, 0.1) is 0 Å². The molecule has 0 nitrogen and oxygen atoms in total. The molecule has 0 fully saturated rings. The lowest BCUT2D eigenvalue weighted by Gasteiger charge is -2.02. The van der Waals surface area contributed by atoms with E-state index in [0.717, 1.165) is 8.95 Å². The minimum atomic E-state index is 1.11.